The van der Waals surface area contributed by atoms with Crippen LogP contribution in [0.1, 0.15) is 5.56 Å². The van der Waals surface area contributed by atoms with Crippen LogP contribution in [0.15, 0.2) is 64.2 Å². The Morgan fingerprint density at radius 2 is 1.68 bits per heavy atom. The van der Waals surface area contributed by atoms with Gasteiger partial charge in [-0.15, -0.1) is 0 Å². The zero-order chi connectivity index (χ0) is 27.0. The summed E-state index contributed by atoms with van der Waals surface area (Å²) in [5, 5.41) is 3.43. The van der Waals surface area contributed by atoms with Crippen LogP contribution in [0.5, 0.6) is 0 Å². The van der Waals surface area contributed by atoms with Gasteiger partial charge in [0.1, 0.15) is 0 Å². The molecule has 14 heteroatoms. The van der Waals surface area contributed by atoms with Crippen molar-refractivity contribution in [1.82, 2.24) is 24.2 Å². The van der Waals surface area contributed by atoms with Gasteiger partial charge in [0.25, 0.3) is 0 Å². The third-order valence-electron chi connectivity index (χ3n) is 5.97. The van der Waals surface area contributed by atoms with Crippen LogP contribution < -0.4 is 26.3 Å². The first-order chi connectivity index (χ1) is 18.2. The van der Waals surface area contributed by atoms with Crippen LogP contribution in [-0.4, -0.2) is 57.2 Å². The van der Waals surface area contributed by atoms with E-state index in [-0.39, 0.29) is 33.4 Å². The molecule has 1 fully saturated rings. The predicted octanol–water partition coefficient (Wildman–Crippen LogP) is 1.98. The highest BCUT2D eigenvalue weighted by Gasteiger charge is 2.43. The van der Waals surface area contributed by atoms with Gasteiger partial charge in [-0.1, -0.05) is 58.8 Å². The van der Waals surface area contributed by atoms with Crippen molar-refractivity contribution in [3.05, 3.63) is 86.0 Å². The van der Waals surface area contributed by atoms with Gasteiger partial charge in [0, 0.05) is 26.2 Å². The fourth-order valence-corrected chi connectivity index (χ4v) is 4.44. The number of imidazole rings is 1. The topological polar surface area (TPSA) is 103 Å². The summed E-state index contributed by atoms with van der Waals surface area (Å²) in [5.41, 5.74) is -2.06. The zero-order valence-electron chi connectivity index (χ0n) is 19.6. The van der Waals surface area contributed by atoms with E-state index in [0.29, 0.717) is 37.4 Å². The molecule has 4 aromatic rings. The van der Waals surface area contributed by atoms with Crippen LogP contribution in [-0.2, 0) is 11.3 Å². The van der Waals surface area contributed by atoms with Crippen molar-refractivity contribution >= 4 is 34.7 Å². The van der Waals surface area contributed by atoms with E-state index >= 15 is 0 Å². The molecular weight excluding hydrogens is 529 g/mol. The average molecular weight is 549 g/mol. The first kappa shape index (κ1) is 25.5. The molecule has 1 aliphatic heterocycles. The summed E-state index contributed by atoms with van der Waals surface area (Å²) in [6.07, 6.45) is -5.44. The molecule has 1 aliphatic rings. The average Bonchev–Trinajstić information content (AvgIpc) is 3.30. The molecular formula is C24H20ClF3N6O4. The summed E-state index contributed by atoms with van der Waals surface area (Å²) < 4.78 is 41.4. The lowest BCUT2D eigenvalue weighted by Gasteiger charge is -2.28. The number of nitrogens with zero attached hydrogens (tertiary/aromatic N) is 5. The van der Waals surface area contributed by atoms with Crippen LogP contribution in [0.3, 0.4) is 0 Å². The number of hydrogen-bond acceptors (Lipinski definition) is 7. The van der Waals surface area contributed by atoms with Gasteiger partial charge in [0.15, 0.2) is 11.2 Å². The van der Waals surface area contributed by atoms with E-state index in [4.69, 9.17) is 11.6 Å². The second kappa shape index (κ2) is 9.99. The molecule has 0 radical (unpaired) electrons. The second-order valence-electron chi connectivity index (χ2n) is 8.44. The molecule has 0 bridgehead atoms. The molecule has 0 amide bonds. The van der Waals surface area contributed by atoms with E-state index < -0.39 is 23.4 Å². The summed E-state index contributed by atoms with van der Waals surface area (Å²) in [6.45, 7) is 2.04. The monoisotopic (exact) mass is 548 g/mol. The number of carbonyl (C=O) groups is 1. The largest absolute Gasteiger partial charge is 0.493 e. The number of benzene rings is 2. The van der Waals surface area contributed by atoms with Crippen molar-refractivity contribution in [2.75, 3.05) is 31.1 Å². The third kappa shape index (κ3) is 4.65. The number of aromatic nitrogens is 4. The molecule has 0 aliphatic carbocycles. The number of para-hydroxylation sites is 1. The number of hydrogen-bond donors (Lipinski definition) is 1. The van der Waals surface area contributed by atoms with Gasteiger partial charge in [0.05, 0.1) is 17.3 Å². The Hall–Kier alpha value is -4.10. The first-order valence-electron chi connectivity index (χ1n) is 11.5. The van der Waals surface area contributed by atoms with Gasteiger partial charge in [-0.2, -0.15) is 18.2 Å². The normalized spacial score (nSPS) is 14.2. The van der Waals surface area contributed by atoms with Crippen molar-refractivity contribution in [2.45, 2.75) is 12.7 Å². The van der Waals surface area contributed by atoms with Crippen molar-refractivity contribution < 1.29 is 22.8 Å². The van der Waals surface area contributed by atoms with E-state index in [9.17, 15) is 27.6 Å². The third-order valence-corrected chi connectivity index (χ3v) is 6.29. The number of fused-ring (bicyclic) bond motifs is 1. The highest BCUT2D eigenvalue weighted by molar-refractivity contribution is 6.32. The molecule has 1 N–H and O–H groups in total. The highest BCUT2D eigenvalue weighted by atomic mass is 35.5. The van der Waals surface area contributed by atoms with Gasteiger partial charge in [-0.25, -0.2) is 9.59 Å². The van der Waals surface area contributed by atoms with E-state index in [1.807, 2.05) is 4.90 Å². The summed E-state index contributed by atoms with van der Waals surface area (Å²) in [6, 6.07) is 15.1. The Kier molecular flexibility index (Phi) is 6.71. The molecule has 38 heavy (non-hydrogen) atoms. The maximum Gasteiger partial charge on any atom is 0.493 e. The smallest absolute Gasteiger partial charge is 0.339 e. The standard InChI is InChI=1S/C24H20ClF3N6O4/c25-16-8-4-5-9-17(16)33-18-19(30-22(33)31-12-10-29-11-13-31)32(14-15-6-2-1-3-7-15)23(37)34(20(18)35)38-21(36)24(26,27)28/h1-9,29H,10-14H2. The van der Waals surface area contributed by atoms with Crippen LogP contribution in [0.4, 0.5) is 19.1 Å². The van der Waals surface area contributed by atoms with Crippen LogP contribution >= 0.6 is 11.6 Å². The molecule has 0 atom stereocenters. The molecule has 2 aromatic heterocycles. The Morgan fingerprint density at radius 1 is 1.03 bits per heavy atom. The molecule has 10 nitrogen and oxygen atoms in total. The number of halogens is 4. The molecule has 2 aromatic carbocycles. The minimum absolute atomic E-state index is 0.100. The molecule has 0 saturated carbocycles. The van der Waals surface area contributed by atoms with Crippen LogP contribution in [0, 0.1) is 0 Å². The highest BCUT2D eigenvalue weighted by Crippen LogP contribution is 2.30. The Balaban J connectivity index is 1.86. The fourth-order valence-electron chi connectivity index (χ4n) is 4.22. The maximum absolute atomic E-state index is 13.6. The van der Waals surface area contributed by atoms with Crippen LogP contribution in [0.2, 0.25) is 5.02 Å². The molecule has 0 spiro atoms. The van der Waals surface area contributed by atoms with Crippen LogP contribution in [0.25, 0.3) is 16.9 Å². The van der Waals surface area contributed by atoms with E-state index in [0.717, 1.165) is 4.57 Å². The summed E-state index contributed by atoms with van der Waals surface area (Å²) in [4.78, 5) is 49.4. The Bertz CT molecular complexity index is 1620. The summed E-state index contributed by atoms with van der Waals surface area (Å²) in [5.74, 6) is -2.46. The molecule has 1 saturated heterocycles. The summed E-state index contributed by atoms with van der Waals surface area (Å²) >= 11 is 6.47. The Labute approximate surface area is 217 Å². The lowest BCUT2D eigenvalue weighted by Crippen LogP contribution is -2.48. The minimum Gasteiger partial charge on any atom is -0.339 e. The lowest BCUT2D eigenvalue weighted by atomic mass is 10.2. The van der Waals surface area contributed by atoms with Crippen molar-refractivity contribution in [3.63, 3.8) is 0 Å². The number of anilines is 1. The van der Waals surface area contributed by atoms with Gasteiger partial charge >= 0.3 is 23.4 Å². The van der Waals surface area contributed by atoms with Gasteiger partial charge < -0.3 is 15.1 Å². The number of carbonyl (C=O) groups excluding carboxylic acids is 1. The van der Waals surface area contributed by atoms with Crippen molar-refractivity contribution in [1.29, 1.82) is 0 Å². The fraction of sp³-hybridized carbons (Fsp3) is 0.250. The van der Waals surface area contributed by atoms with E-state index in [1.165, 1.54) is 4.57 Å². The van der Waals surface area contributed by atoms with Crippen molar-refractivity contribution in [2.24, 2.45) is 0 Å². The predicted molar refractivity (Wildman–Crippen MR) is 133 cm³/mol. The lowest BCUT2D eigenvalue weighted by molar-refractivity contribution is -0.200. The van der Waals surface area contributed by atoms with Gasteiger partial charge in [-0.05, 0) is 17.7 Å². The molecule has 198 valence electrons. The quantitative estimate of drug-likeness (QED) is 0.407. The zero-order valence-corrected chi connectivity index (χ0v) is 20.4. The molecule has 3 heterocycles. The SMILES string of the molecule is O=C(On1c(=O)c2c(nc(N3CCNCC3)n2-c2ccccc2Cl)n(Cc2ccccc2)c1=O)C(F)(F)F. The number of rotatable bonds is 5. The first-order valence-corrected chi connectivity index (χ1v) is 11.9. The molecule has 5 rings (SSSR count). The number of piperazine rings is 1. The molecule has 0 unspecified atom stereocenters. The number of nitrogens with one attached hydrogen (secondary N) is 1. The van der Waals surface area contributed by atoms with Crippen molar-refractivity contribution in [3.8, 4) is 5.69 Å². The van der Waals surface area contributed by atoms with E-state index in [2.05, 4.69) is 15.1 Å². The van der Waals surface area contributed by atoms with Gasteiger partial charge in [-0.3, -0.25) is 13.9 Å². The number of alkyl halides is 3. The summed E-state index contributed by atoms with van der Waals surface area (Å²) in [7, 11) is 0. The van der Waals surface area contributed by atoms with E-state index in [1.54, 1.807) is 54.6 Å². The Morgan fingerprint density at radius 3 is 2.34 bits per heavy atom. The van der Waals surface area contributed by atoms with Gasteiger partial charge in [0.2, 0.25) is 5.95 Å². The maximum atomic E-state index is 13.6. The second-order valence-corrected chi connectivity index (χ2v) is 8.85. The minimum atomic E-state index is -5.44.